The number of aromatic hydroxyl groups is 2. The maximum atomic E-state index is 12.3. The van der Waals surface area contributed by atoms with Crippen LogP contribution in [-0.4, -0.2) is 26.8 Å². The van der Waals surface area contributed by atoms with Crippen LogP contribution in [0.15, 0.2) is 77.9 Å². The predicted molar refractivity (Wildman–Crippen MR) is 107 cm³/mol. The Labute approximate surface area is 165 Å². The highest BCUT2D eigenvalue weighted by atomic mass is 16.6. The number of carbonyl (C=O) groups is 1. The summed E-state index contributed by atoms with van der Waals surface area (Å²) in [5.41, 5.74) is 3.49. The van der Waals surface area contributed by atoms with E-state index in [9.17, 15) is 25.1 Å². The van der Waals surface area contributed by atoms with Gasteiger partial charge in [-0.3, -0.25) is 14.9 Å². The van der Waals surface area contributed by atoms with E-state index in [0.717, 1.165) is 11.6 Å². The van der Waals surface area contributed by atoms with Gasteiger partial charge < -0.3 is 10.2 Å². The van der Waals surface area contributed by atoms with Crippen molar-refractivity contribution in [3.05, 3.63) is 99.6 Å². The van der Waals surface area contributed by atoms with Crippen molar-refractivity contribution < 1.29 is 19.9 Å². The van der Waals surface area contributed by atoms with Crippen LogP contribution < -0.4 is 5.43 Å². The quantitative estimate of drug-likeness (QED) is 0.257. The van der Waals surface area contributed by atoms with Crippen molar-refractivity contribution in [2.75, 3.05) is 0 Å². The zero-order valence-electron chi connectivity index (χ0n) is 15.1. The average Bonchev–Trinajstić information content (AvgIpc) is 2.74. The van der Waals surface area contributed by atoms with Crippen molar-refractivity contribution >= 4 is 17.3 Å². The minimum absolute atomic E-state index is 0.198. The summed E-state index contributed by atoms with van der Waals surface area (Å²) in [6, 6.07) is 19.9. The van der Waals surface area contributed by atoms with Gasteiger partial charge in [0, 0.05) is 23.6 Å². The Kier molecular flexibility index (Phi) is 5.84. The van der Waals surface area contributed by atoms with Crippen LogP contribution in [0.1, 0.15) is 21.5 Å². The molecule has 29 heavy (non-hydrogen) atoms. The molecule has 3 rings (SSSR count). The molecule has 0 aliphatic heterocycles. The van der Waals surface area contributed by atoms with Gasteiger partial charge in [0.1, 0.15) is 0 Å². The van der Waals surface area contributed by atoms with Gasteiger partial charge in [-0.25, -0.2) is 5.43 Å². The number of hydrazone groups is 1. The molecule has 0 unspecified atom stereocenters. The van der Waals surface area contributed by atoms with Crippen molar-refractivity contribution in [1.82, 2.24) is 5.43 Å². The Morgan fingerprint density at radius 1 is 0.966 bits per heavy atom. The minimum atomic E-state index is -0.828. The summed E-state index contributed by atoms with van der Waals surface area (Å²) in [5, 5.41) is 35.0. The molecule has 1 amide bonds. The maximum absolute atomic E-state index is 12.3. The number of phenolic OH excluding ortho intramolecular Hbond substituents is 2. The summed E-state index contributed by atoms with van der Waals surface area (Å²) in [4.78, 5) is 22.7. The molecule has 8 heteroatoms. The fraction of sp³-hybridized carbons (Fsp3) is 0.0476. The minimum Gasteiger partial charge on any atom is -0.504 e. The molecule has 0 aliphatic rings. The van der Waals surface area contributed by atoms with Crippen LogP contribution in [-0.2, 0) is 6.42 Å². The van der Waals surface area contributed by atoms with Crippen LogP contribution in [0, 0.1) is 10.1 Å². The normalized spacial score (nSPS) is 11.1. The van der Waals surface area contributed by atoms with Gasteiger partial charge in [0.05, 0.1) is 10.6 Å². The van der Waals surface area contributed by atoms with Gasteiger partial charge >= 0.3 is 5.69 Å². The van der Waals surface area contributed by atoms with Crippen molar-refractivity contribution in [2.24, 2.45) is 5.10 Å². The van der Waals surface area contributed by atoms with Gasteiger partial charge in [0.2, 0.25) is 5.75 Å². The van der Waals surface area contributed by atoms with Crippen LogP contribution in [0.5, 0.6) is 11.5 Å². The highest BCUT2D eigenvalue weighted by Gasteiger charge is 2.21. The monoisotopic (exact) mass is 391 g/mol. The van der Waals surface area contributed by atoms with E-state index in [-0.39, 0.29) is 17.7 Å². The molecule has 0 saturated heterocycles. The maximum Gasteiger partial charge on any atom is 0.315 e. The predicted octanol–water partition coefficient (Wildman–Crippen LogP) is 3.38. The third-order valence-corrected chi connectivity index (χ3v) is 4.14. The Balaban J connectivity index is 1.99. The smallest absolute Gasteiger partial charge is 0.315 e. The van der Waals surface area contributed by atoms with E-state index in [4.69, 9.17) is 0 Å². The lowest BCUT2D eigenvalue weighted by Gasteiger charge is -2.10. The summed E-state index contributed by atoms with van der Waals surface area (Å²) in [5.74, 6) is -1.93. The molecule has 0 fully saturated rings. The Morgan fingerprint density at radius 3 is 2.21 bits per heavy atom. The van der Waals surface area contributed by atoms with E-state index in [1.165, 1.54) is 6.07 Å². The number of benzene rings is 3. The van der Waals surface area contributed by atoms with Gasteiger partial charge in [-0.1, -0.05) is 48.5 Å². The summed E-state index contributed by atoms with van der Waals surface area (Å²) in [7, 11) is 0. The zero-order chi connectivity index (χ0) is 20.8. The molecule has 0 atom stereocenters. The van der Waals surface area contributed by atoms with Gasteiger partial charge in [-0.15, -0.1) is 0 Å². The number of hydrogen-bond donors (Lipinski definition) is 3. The van der Waals surface area contributed by atoms with Crippen molar-refractivity contribution in [2.45, 2.75) is 6.42 Å². The molecule has 3 N–H and O–H groups in total. The number of nitro groups is 1. The number of nitrogens with zero attached hydrogens (tertiary/aromatic N) is 2. The third kappa shape index (κ3) is 4.75. The fourth-order valence-corrected chi connectivity index (χ4v) is 2.68. The van der Waals surface area contributed by atoms with E-state index >= 15 is 0 Å². The Morgan fingerprint density at radius 2 is 1.59 bits per heavy atom. The Bertz CT molecular complexity index is 1070. The average molecular weight is 391 g/mol. The highest BCUT2D eigenvalue weighted by molar-refractivity contribution is 6.04. The molecule has 0 spiro atoms. The lowest BCUT2D eigenvalue weighted by Crippen LogP contribution is -2.21. The summed E-state index contributed by atoms with van der Waals surface area (Å²) in [6.45, 7) is 0. The van der Waals surface area contributed by atoms with Gasteiger partial charge in [0.25, 0.3) is 5.91 Å². The second-order valence-electron chi connectivity index (χ2n) is 6.15. The number of phenols is 2. The van der Waals surface area contributed by atoms with Crippen LogP contribution in [0.25, 0.3) is 0 Å². The first-order valence-corrected chi connectivity index (χ1v) is 8.62. The molecule has 146 valence electrons. The molecule has 3 aromatic carbocycles. The number of carbonyl (C=O) groups excluding carboxylic acids is 1. The third-order valence-electron chi connectivity index (χ3n) is 4.14. The number of rotatable bonds is 6. The first-order chi connectivity index (χ1) is 14.0. The van der Waals surface area contributed by atoms with E-state index in [1.54, 1.807) is 30.3 Å². The molecule has 3 aromatic rings. The molecule has 8 nitrogen and oxygen atoms in total. The number of hydrogen-bond acceptors (Lipinski definition) is 6. The zero-order valence-corrected chi connectivity index (χ0v) is 15.1. The van der Waals surface area contributed by atoms with E-state index in [0.29, 0.717) is 5.56 Å². The second-order valence-corrected chi connectivity index (χ2v) is 6.15. The summed E-state index contributed by atoms with van der Waals surface area (Å²) < 4.78 is 0. The molecule has 0 heterocycles. The van der Waals surface area contributed by atoms with Crippen LogP contribution >= 0.6 is 0 Å². The number of nitro benzene ring substituents is 1. The van der Waals surface area contributed by atoms with Crippen molar-refractivity contribution in [3.63, 3.8) is 0 Å². The molecule has 0 saturated carbocycles. The molecular formula is C21H17N3O5. The lowest BCUT2D eigenvalue weighted by atomic mass is 10.0. The first-order valence-electron chi connectivity index (χ1n) is 8.62. The largest absolute Gasteiger partial charge is 0.504 e. The van der Waals surface area contributed by atoms with Gasteiger partial charge in [-0.2, -0.15) is 5.10 Å². The fourth-order valence-electron chi connectivity index (χ4n) is 2.68. The number of amides is 1. The van der Waals surface area contributed by atoms with Crippen molar-refractivity contribution in [3.8, 4) is 11.5 Å². The summed E-state index contributed by atoms with van der Waals surface area (Å²) >= 11 is 0. The lowest BCUT2D eigenvalue weighted by molar-refractivity contribution is -0.386. The van der Waals surface area contributed by atoms with Crippen LogP contribution in [0.4, 0.5) is 5.69 Å². The molecule has 0 bridgehead atoms. The molecule has 0 radical (unpaired) electrons. The van der Waals surface area contributed by atoms with Crippen LogP contribution in [0.3, 0.4) is 0 Å². The van der Waals surface area contributed by atoms with Crippen molar-refractivity contribution in [1.29, 1.82) is 0 Å². The van der Waals surface area contributed by atoms with E-state index in [2.05, 4.69) is 10.5 Å². The first kappa shape index (κ1) is 19.6. The Hall–Kier alpha value is -4.20. The molecule has 0 aliphatic carbocycles. The molecular weight excluding hydrogens is 374 g/mol. The summed E-state index contributed by atoms with van der Waals surface area (Å²) in [6.07, 6.45) is 0.233. The topological polar surface area (TPSA) is 125 Å². The van der Waals surface area contributed by atoms with Crippen LogP contribution in [0.2, 0.25) is 0 Å². The standard InChI is InChI=1S/C21H17N3O5/c25-19-13-16(12-18(20(19)26)24(28)29)17(11-14-7-3-1-4-8-14)22-23-21(27)15-9-5-2-6-10-15/h1-10,12-13,25-26H,11H2,(H,23,27)/b22-17-. The van der Waals surface area contributed by atoms with Gasteiger partial charge in [-0.05, 0) is 23.8 Å². The second kappa shape index (κ2) is 8.66. The highest BCUT2D eigenvalue weighted by Crippen LogP contribution is 2.36. The van der Waals surface area contributed by atoms with E-state index in [1.807, 2.05) is 30.3 Å². The SMILES string of the molecule is O=C(N/N=C(/Cc1ccccc1)c1cc(O)c(O)c([N+](=O)[O-])c1)c1ccccc1. The number of nitrogens with one attached hydrogen (secondary N) is 1. The van der Waals surface area contributed by atoms with E-state index < -0.39 is 28.0 Å². The molecule has 0 aromatic heterocycles. The van der Waals surface area contributed by atoms with Gasteiger partial charge in [0.15, 0.2) is 5.75 Å².